The molecule has 0 aliphatic carbocycles. The van der Waals surface area contributed by atoms with Crippen molar-refractivity contribution in [3.05, 3.63) is 21.8 Å². The Labute approximate surface area is 73.0 Å². The largest absolute Gasteiger partial charge is 0.383 e. The van der Waals surface area contributed by atoms with Crippen LogP contribution in [0.4, 0.5) is 5.82 Å². The molecule has 0 bridgehead atoms. The molecule has 0 saturated carbocycles. The fraction of sp³-hybridized carbons (Fsp3) is 0.143. The van der Waals surface area contributed by atoms with E-state index in [9.17, 15) is 0 Å². The number of halogens is 1. The van der Waals surface area contributed by atoms with Crippen LogP contribution in [-0.4, -0.2) is 4.98 Å². The van der Waals surface area contributed by atoms with E-state index in [0.29, 0.717) is 10.2 Å². The number of nitriles is 1. The molecule has 0 spiro atoms. The van der Waals surface area contributed by atoms with Crippen molar-refractivity contribution in [1.82, 2.24) is 4.98 Å². The third kappa shape index (κ3) is 1.49. The first-order valence-electron chi connectivity index (χ1n) is 2.98. The van der Waals surface area contributed by atoms with Crippen molar-refractivity contribution in [2.45, 2.75) is 6.92 Å². The van der Waals surface area contributed by atoms with Gasteiger partial charge >= 0.3 is 0 Å². The van der Waals surface area contributed by atoms with Crippen molar-refractivity contribution in [2.75, 3.05) is 5.73 Å². The Kier molecular flexibility index (Phi) is 2.11. The number of rotatable bonds is 0. The van der Waals surface area contributed by atoms with Gasteiger partial charge in [0.2, 0.25) is 0 Å². The van der Waals surface area contributed by atoms with Crippen molar-refractivity contribution < 1.29 is 0 Å². The number of nitrogen functional groups attached to an aromatic ring is 1. The highest BCUT2D eigenvalue weighted by atomic mass is 79.9. The van der Waals surface area contributed by atoms with Crippen LogP contribution < -0.4 is 5.73 Å². The summed E-state index contributed by atoms with van der Waals surface area (Å²) in [6, 6.07) is 3.74. The number of aromatic nitrogens is 1. The summed E-state index contributed by atoms with van der Waals surface area (Å²) in [7, 11) is 0. The number of anilines is 1. The Bertz CT molecular complexity index is 304. The van der Waals surface area contributed by atoms with Crippen LogP contribution in [0.15, 0.2) is 10.7 Å². The molecule has 0 amide bonds. The van der Waals surface area contributed by atoms with Crippen molar-refractivity contribution in [3.63, 3.8) is 0 Å². The van der Waals surface area contributed by atoms with Crippen LogP contribution in [0, 0.1) is 18.3 Å². The highest BCUT2D eigenvalue weighted by molar-refractivity contribution is 9.10. The number of pyridine rings is 1. The Morgan fingerprint density at radius 2 is 2.36 bits per heavy atom. The van der Waals surface area contributed by atoms with Crippen LogP contribution in [0.2, 0.25) is 0 Å². The molecule has 1 aromatic rings. The predicted octanol–water partition coefficient (Wildman–Crippen LogP) is 1.61. The molecule has 0 atom stereocenters. The van der Waals surface area contributed by atoms with Gasteiger partial charge in [-0.2, -0.15) is 5.26 Å². The minimum Gasteiger partial charge on any atom is -0.383 e. The van der Waals surface area contributed by atoms with Gasteiger partial charge < -0.3 is 5.73 Å². The van der Waals surface area contributed by atoms with E-state index in [0.717, 1.165) is 5.56 Å². The molecular formula is C7H6BrN3. The van der Waals surface area contributed by atoms with E-state index in [2.05, 4.69) is 20.9 Å². The van der Waals surface area contributed by atoms with Gasteiger partial charge in [-0.05, 0) is 34.5 Å². The second-order valence-corrected chi connectivity index (χ2v) is 2.95. The van der Waals surface area contributed by atoms with E-state index < -0.39 is 0 Å². The second kappa shape index (κ2) is 2.89. The molecule has 0 saturated heterocycles. The van der Waals surface area contributed by atoms with Crippen LogP contribution in [0.25, 0.3) is 0 Å². The van der Waals surface area contributed by atoms with Crippen LogP contribution >= 0.6 is 15.9 Å². The maximum atomic E-state index is 8.60. The SMILES string of the molecule is Cc1cc(Br)nc(N)c1C#N. The van der Waals surface area contributed by atoms with Crippen molar-refractivity contribution in [1.29, 1.82) is 5.26 Å². The lowest BCUT2D eigenvalue weighted by atomic mass is 10.2. The van der Waals surface area contributed by atoms with Gasteiger partial charge in [0.1, 0.15) is 16.5 Å². The van der Waals surface area contributed by atoms with Gasteiger partial charge in [-0.1, -0.05) is 0 Å². The third-order valence-electron chi connectivity index (χ3n) is 1.33. The van der Waals surface area contributed by atoms with Crippen LogP contribution in [0.5, 0.6) is 0 Å². The Balaban J connectivity index is 3.40. The first kappa shape index (κ1) is 8.02. The summed E-state index contributed by atoms with van der Waals surface area (Å²) in [5.74, 6) is 0.277. The second-order valence-electron chi connectivity index (χ2n) is 2.13. The average Bonchev–Trinajstić information content (AvgIpc) is 1.85. The average molecular weight is 212 g/mol. The molecule has 11 heavy (non-hydrogen) atoms. The van der Waals surface area contributed by atoms with Crippen LogP contribution in [-0.2, 0) is 0 Å². The van der Waals surface area contributed by atoms with Gasteiger partial charge in [-0.15, -0.1) is 0 Å². The molecule has 0 radical (unpaired) electrons. The fourth-order valence-electron chi connectivity index (χ4n) is 0.802. The number of aryl methyl sites for hydroxylation is 1. The van der Waals surface area contributed by atoms with E-state index in [1.807, 2.05) is 13.0 Å². The lowest BCUT2D eigenvalue weighted by molar-refractivity contribution is 1.23. The molecule has 1 aromatic heterocycles. The molecule has 0 unspecified atom stereocenters. The third-order valence-corrected chi connectivity index (χ3v) is 1.73. The molecule has 0 aliphatic rings. The first-order valence-corrected chi connectivity index (χ1v) is 3.77. The fourth-order valence-corrected chi connectivity index (χ4v) is 1.34. The monoisotopic (exact) mass is 211 g/mol. The summed E-state index contributed by atoms with van der Waals surface area (Å²) in [6.07, 6.45) is 0. The van der Waals surface area contributed by atoms with Crippen LogP contribution in [0.3, 0.4) is 0 Å². The summed E-state index contributed by atoms with van der Waals surface area (Å²) < 4.78 is 0.659. The summed E-state index contributed by atoms with van der Waals surface area (Å²) in [4.78, 5) is 3.88. The lowest BCUT2D eigenvalue weighted by Crippen LogP contribution is -1.97. The zero-order valence-corrected chi connectivity index (χ0v) is 7.51. The van der Waals surface area contributed by atoms with Crippen molar-refractivity contribution >= 4 is 21.7 Å². The molecule has 1 rings (SSSR count). The molecule has 0 aromatic carbocycles. The van der Waals surface area contributed by atoms with E-state index in [-0.39, 0.29) is 5.82 Å². The molecule has 0 aliphatic heterocycles. The zero-order chi connectivity index (χ0) is 8.43. The van der Waals surface area contributed by atoms with Gasteiger partial charge in [-0.3, -0.25) is 0 Å². The minimum absolute atomic E-state index is 0.277. The minimum atomic E-state index is 0.277. The molecule has 0 fully saturated rings. The maximum absolute atomic E-state index is 8.60. The Morgan fingerprint density at radius 1 is 1.73 bits per heavy atom. The molecule has 4 heteroatoms. The molecule has 3 nitrogen and oxygen atoms in total. The maximum Gasteiger partial charge on any atom is 0.142 e. The smallest absolute Gasteiger partial charge is 0.142 e. The number of nitrogens with zero attached hydrogens (tertiary/aromatic N) is 2. The predicted molar refractivity (Wildman–Crippen MR) is 45.8 cm³/mol. The van der Waals surface area contributed by atoms with Gasteiger partial charge in [-0.25, -0.2) is 4.98 Å². The summed E-state index contributed by atoms with van der Waals surface area (Å²) in [6.45, 7) is 1.82. The zero-order valence-electron chi connectivity index (χ0n) is 5.93. The van der Waals surface area contributed by atoms with E-state index in [4.69, 9.17) is 11.0 Å². The van der Waals surface area contributed by atoms with Gasteiger partial charge in [0.05, 0.1) is 5.56 Å². The topological polar surface area (TPSA) is 62.7 Å². The molecular weight excluding hydrogens is 206 g/mol. The van der Waals surface area contributed by atoms with Gasteiger partial charge in [0, 0.05) is 0 Å². The highest BCUT2D eigenvalue weighted by Gasteiger charge is 2.03. The summed E-state index contributed by atoms with van der Waals surface area (Å²) in [5.41, 5.74) is 6.76. The summed E-state index contributed by atoms with van der Waals surface area (Å²) >= 11 is 3.18. The quantitative estimate of drug-likeness (QED) is 0.664. The Hall–Kier alpha value is -1.08. The van der Waals surface area contributed by atoms with Gasteiger partial charge in [0.15, 0.2) is 0 Å². The number of nitrogens with two attached hydrogens (primary N) is 1. The summed E-state index contributed by atoms with van der Waals surface area (Å²) in [5, 5.41) is 8.60. The van der Waals surface area contributed by atoms with Crippen molar-refractivity contribution in [2.24, 2.45) is 0 Å². The highest BCUT2D eigenvalue weighted by Crippen LogP contribution is 2.17. The van der Waals surface area contributed by atoms with E-state index in [1.54, 1.807) is 6.07 Å². The standard InChI is InChI=1S/C7H6BrN3/c1-4-2-6(8)11-7(10)5(4)3-9/h2H,1H3,(H2,10,11). The normalized spacial score (nSPS) is 9.18. The lowest BCUT2D eigenvalue weighted by Gasteiger charge is -2.00. The molecule has 56 valence electrons. The number of hydrogen-bond acceptors (Lipinski definition) is 3. The van der Waals surface area contributed by atoms with Gasteiger partial charge in [0.25, 0.3) is 0 Å². The Morgan fingerprint density at radius 3 is 2.82 bits per heavy atom. The number of hydrogen-bond donors (Lipinski definition) is 1. The first-order chi connectivity index (χ1) is 5.15. The molecule has 1 heterocycles. The van der Waals surface area contributed by atoms with Crippen molar-refractivity contribution in [3.8, 4) is 6.07 Å². The van der Waals surface area contributed by atoms with E-state index in [1.165, 1.54) is 0 Å². The molecule has 2 N–H and O–H groups in total. The van der Waals surface area contributed by atoms with E-state index >= 15 is 0 Å². The van der Waals surface area contributed by atoms with Crippen LogP contribution in [0.1, 0.15) is 11.1 Å².